The molecule has 4 aliphatic rings. The molecule has 7 nitrogen and oxygen atoms in total. The van der Waals surface area contributed by atoms with Gasteiger partial charge in [0.25, 0.3) is 0 Å². The highest BCUT2D eigenvalue weighted by molar-refractivity contribution is 5.81. The van der Waals surface area contributed by atoms with E-state index in [2.05, 4.69) is 47.1 Å². The summed E-state index contributed by atoms with van der Waals surface area (Å²) in [5.41, 5.74) is 1.29. The molecule has 0 bridgehead atoms. The fraction of sp³-hybridized carbons (Fsp3) is 0.600. The standard InChI is InChI=1S/C35H47N3O4/c1-26-30(27-12-5-2-6-13-27)24-33-32(25-31(26)34(39)36-19-22-41-23-20-36)37(18-11-21-42-29-16-9-4-10-17-29)35(40)38(33)28-14-7-3-8-15-28/h2,4-6,9-10,12-13,16-17,26,28,30-33H,3,7-8,11,14-15,18-25H2,1H3/t26-,30-,31+,32-,33+/m1/s1. The zero-order valence-corrected chi connectivity index (χ0v) is 25.1. The first-order valence-corrected chi connectivity index (χ1v) is 16.3. The molecule has 226 valence electrons. The highest BCUT2D eigenvalue weighted by atomic mass is 16.5. The summed E-state index contributed by atoms with van der Waals surface area (Å²) in [6.07, 6.45) is 8.20. The summed E-state index contributed by atoms with van der Waals surface area (Å²) in [7, 11) is 0. The van der Waals surface area contributed by atoms with Gasteiger partial charge >= 0.3 is 6.03 Å². The van der Waals surface area contributed by atoms with Gasteiger partial charge in [-0.2, -0.15) is 0 Å². The Hall–Kier alpha value is -3.06. The van der Waals surface area contributed by atoms with Gasteiger partial charge in [0.1, 0.15) is 5.75 Å². The summed E-state index contributed by atoms with van der Waals surface area (Å²) in [6, 6.07) is 21.2. The largest absolute Gasteiger partial charge is 0.494 e. The Balaban J connectivity index is 1.29. The Morgan fingerprint density at radius 1 is 0.905 bits per heavy atom. The number of carbonyl (C=O) groups is 2. The third-order valence-corrected chi connectivity index (χ3v) is 10.3. The third kappa shape index (κ3) is 6.17. The van der Waals surface area contributed by atoms with Crippen LogP contribution in [0.2, 0.25) is 0 Å². The van der Waals surface area contributed by atoms with Crippen LogP contribution in [0.5, 0.6) is 5.75 Å². The SMILES string of the molecule is C[C@H]1[C@@H](C(=O)N2CCOCC2)C[C@@H]2[C@H](C[C@H]1c1ccccc1)N(C1CCCCC1)C(=O)N2CCCOc1ccccc1. The molecular formula is C35H47N3O4. The van der Waals surface area contributed by atoms with E-state index in [9.17, 15) is 9.59 Å². The maximum Gasteiger partial charge on any atom is 0.320 e. The van der Waals surface area contributed by atoms with E-state index in [0.29, 0.717) is 45.5 Å². The van der Waals surface area contributed by atoms with Crippen molar-refractivity contribution in [3.8, 4) is 5.75 Å². The van der Waals surface area contributed by atoms with Crippen molar-refractivity contribution in [3.05, 3.63) is 66.2 Å². The first kappa shape index (κ1) is 29.0. The monoisotopic (exact) mass is 573 g/mol. The first-order valence-electron chi connectivity index (χ1n) is 16.3. The molecular weight excluding hydrogens is 526 g/mol. The van der Waals surface area contributed by atoms with E-state index in [1.165, 1.54) is 24.8 Å². The van der Waals surface area contributed by atoms with Gasteiger partial charge < -0.3 is 24.2 Å². The summed E-state index contributed by atoms with van der Waals surface area (Å²) >= 11 is 0. The van der Waals surface area contributed by atoms with Gasteiger partial charge in [0.2, 0.25) is 5.91 Å². The molecule has 2 aromatic rings. The lowest BCUT2D eigenvalue weighted by Crippen LogP contribution is -2.47. The van der Waals surface area contributed by atoms with E-state index in [-0.39, 0.29) is 41.8 Å². The number of urea groups is 1. The van der Waals surface area contributed by atoms with Crippen LogP contribution in [0, 0.1) is 11.8 Å². The lowest BCUT2D eigenvalue weighted by Gasteiger charge is -2.37. The number of carbonyl (C=O) groups excluding carboxylic acids is 2. The van der Waals surface area contributed by atoms with E-state index >= 15 is 0 Å². The molecule has 2 heterocycles. The van der Waals surface area contributed by atoms with Gasteiger partial charge in [-0.15, -0.1) is 0 Å². The highest BCUT2D eigenvalue weighted by Crippen LogP contribution is 2.47. The van der Waals surface area contributed by atoms with Gasteiger partial charge in [-0.1, -0.05) is 74.7 Å². The smallest absolute Gasteiger partial charge is 0.320 e. The number of morpholine rings is 1. The molecule has 5 atom stereocenters. The van der Waals surface area contributed by atoms with Crippen molar-refractivity contribution in [2.24, 2.45) is 11.8 Å². The summed E-state index contributed by atoms with van der Waals surface area (Å²) in [4.78, 5) is 35.0. The number of hydrogen-bond donors (Lipinski definition) is 0. The van der Waals surface area contributed by atoms with Crippen molar-refractivity contribution in [3.63, 3.8) is 0 Å². The van der Waals surface area contributed by atoms with Crippen LogP contribution in [0.25, 0.3) is 0 Å². The van der Waals surface area contributed by atoms with Gasteiger partial charge in [-0.05, 0) is 61.6 Å². The van der Waals surface area contributed by atoms with Gasteiger partial charge in [0.15, 0.2) is 0 Å². The van der Waals surface area contributed by atoms with Crippen molar-refractivity contribution in [1.29, 1.82) is 0 Å². The normalized spacial score (nSPS) is 28.8. The summed E-state index contributed by atoms with van der Waals surface area (Å²) in [6.45, 7) is 6.00. The maximum absolute atomic E-state index is 14.3. The summed E-state index contributed by atoms with van der Waals surface area (Å²) < 4.78 is 11.6. The van der Waals surface area contributed by atoms with E-state index in [1.807, 2.05) is 35.2 Å². The highest BCUT2D eigenvalue weighted by Gasteiger charge is 2.53. The van der Waals surface area contributed by atoms with Gasteiger partial charge in [-0.3, -0.25) is 4.79 Å². The van der Waals surface area contributed by atoms with E-state index in [4.69, 9.17) is 9.47 Å². The molecule has 2 aliphatic carbocycles. The van der Waals surface area contributed by atoms with Crippen LogP contribution in [0.1, 0.15) is 69.8 Å². The van der Waals surface area contributed by atoms with Crippen molar-refractivity contribution in [1.82, 2.24) is 14.7 Å². The fourth-order valence-electron chi connectivity index (χ4n) is 8.08. The van der Waals surface area contributed by atoms with Crippen LogP contribution in [0.15, 0.2) is 60.7 Å². The van der Waals surface area contributed by atoms with Gasteiger partial charge in [-0.25, -0.2) is 4.79 Å². The molecule has 0 spiro atoms. The Morgan fingerprint density at radius 2 is 1.60 bits per heavy atom. The average molecular weight is 574 g/mol. The first-order chi connectivity index (χ1) is 20.6. The second kappa shape index (κ2) is 13.5. The van der Waals surface area contributed by atoms with E-state index in [1.54, 1.807) is 0 Å². The predicted molar refractivity (Wildman–Crippen MR) is 163 cm³/mol. The quantitative estimate of drug-likeness (QED) is 0.366. The van der Waals surface area contributed by atoms with Crippen molar-refractivity contribution in [2.45, 2.75) is 82.3 Å². The molecule has 0 N–H and O–H groups in total. The van der Waals surface area contributed by atoms with Crippen LogP contribution in [0.3, 0.4) is 0 Å². The van der Waals surface area contributed by atoms with Crippen LogP contribution < -0.4 is 4.74 Å². The van der Waals surface area contributed by atoms with Crippen molar-refractivity contribution < 1.29 is 19.1 Å². The number of nitrogens with zero attached hydrogens (tertiary/aromatic N) is 3. The molecule has 2 aliphatic heterocycles. The molecule has 7 heteroatoms. The average Bonchev–Trinajstić information content (AvgIpc) is 3.21. The maximum atomic E-state index is 14.3. The molecule has 0 radical (unpaired) electrons. The zero-order valence-electron chi connectivity index (χ0n) is 25.1. The second-order valence-electron chi connectivity index (χ2n) is 12.7. The molecule has 2 saturated carbocycles. The zero-order chi connectivity index (χ0) is 28.9. The number of benzene rings is 2. The fourth-order valence-corrected chi connectivity index (χ4v) is 8.08. The number of para-hydroxylation sites is 1. The predicted octanol–water partition coefficient (Wildman–Crippen LogP) is 5.95. The second-order valence-corrected chi connectivity index (χ2v) is 12.7. The lowest BCUT2D eigenvalue weighted by molar-refractivity contribution is -0.142. The Labute approximate surface area is 251 Å². The molecule has 42 heavy (non-hydrogen) atoms. The molecule has 0 unspecified atom stereocenters. The molecule has 6 rings (SSSR count). The number of ether oxygens (including phenoxy) is 2. The minimum Gasteiger partial charge on any atom is -0.494 e. The lowest BCUT2D eigenvalue weighted by atomic mass is 9.77. The number of fused-ring (bicyclic) bond motifs is 1. The van der Waals surface area contributed by atoms with Crippen LogP contribution in [-0.2, 0) is 9.53 Å². The van der Waals surface area contributed by atoms with Crippen molar-refractivity contribution in [2.75, 3.05) is 39.5 Å². The third-order valence-electron chi connectivity index (χ3n) is 10.3. The van der Waals surface area contributed by atoms with Crippen LogP contribution >= 0.6 is 0 Å². The summed E-state index contributed by atoms with van der Waals surface area (Å²) in [5, 5.41) is 0. The van der Waals surface area contributed by atoms with E-state index < -0.39 is 0 Å². The van der Waals surface area contributed by atoms with Gasteiger partial charge in [0, 0.05) is 31.6 Å². The summed E-state index contributed by atoms with van der Waals surface area (Å²) in [5.74, 6) is 1.36. The Morgan fingerprint density at radius 3 is 2.31 bits per heavy atom. The number of hydrogen-bond acceptors (Lipinski definition) is 4. The van der Waals surface area contributed by atoms with Gasteiger partial charge in [0.05, 0.1) is 31.9 Å². The van der Waals surface area contributed by atoms with E-state index in [0.717, 1.165) is 37.9 Å². The molecule has 4 fully saturated rings. The Kier molecular flexibility index (Phi) is 9.33. The minimum atomic E-state index is -0.134. The minimum absolute atomic E-state index is 0.0299. The Bertz CT molecular complexity index is 1170. The van der Waals surface area contributed by atoms with Crippen molar-refractivity contribution >= 4 is 11.9 Å². The molecule has 0 aromatic heterocycles. The number of amides is 3. The topological polar surface area (TPSA) is 62.3 Å². The van der Waals surface area contributed by atoms with Crippen LogP contribution in [-0.4, -0.2) is 84.2 Å². The molecule has 2 aromatic carbocycles. The molecule has 3 amide bonds. The number of rotatable bonds is 8. The molecule has 2 saturated heterocycles. The van der Waals surface area contributed by atoms with Crippen LogP contribution in [0.4, 0.5) is 4.79 Å².